The normalized spacial score (nSPS) is 22.5. The van der Waals surface area contributed by atoms with Gasteiger partial charge in [-0.15, -0.1) is 0 Å². The van der Waals surface area contributed by atoms with Gasteiger partial charge in [0.2, 0.25) is 5.72 Å². The van der Waals surface area contributed by atoms with Crippen LogP contribution in [0, 0.1) is 0 Å². The van der Waals surface area contributed by atoms with Gasteiger partial charge in [0.15, 0.2) is 0 Å². The van der Waals surface area contributed by atoms with Crippen molar-refractivity contribution >= 4 is 5.71 Å². The first-order valence-electron chi connectivity index (χ1n) is 9.66. The summed E-state index contributed by atoms with van der Waals surface area (Å²) in [5.74, 6) is 1.10. The van der Waals surface area contributed by atoms with Crippen LogP contribution in [-0.2, 0) is 0 Å². The van der Waals surface area contributed by atoms with Crippen LogP contribution in [0.4, 0.5) is 8.78 Å². The summed E-state index contributed by atoms with van der Waals surface area (Å²) < 4.78 is 35.8. The molecule has 1 atom stereocenters. The van der Waals surface area contributed by atoms with E-state index < -0.39 is 12.3 Å². The van der Waals surface area contributed by atoms with Crippen molar-refractivity contribution in [3.8, 4) is 11.5 Å². The minimum absolute atomic E-state index is 0.134. The second-order valence-electron chi connectivity index (χ2n) is 7.47. The molecule has 7 heteroatoms. The van der Waals surface area contributed by atoms with Gasteiger partial charge in [0.1, 0.15) is 11.5 Å². The fourth-order valence-corrected chi connectivity index (χ4v) is 4.49. The van der Waals surface area contributed by atoms with Crippen LogP contribution in [0.2, 0.25) is 0 Å². The van der Waals surface area contributed by atoms with Gasteiger partial charge in [0, 0.05) is 12.0 Å². The molecule has 5 rings (SSSR count). The number of hydrogen-bond acceptors (Lipinski definition) is 4. The van der Waals surface area contributed by atoms with Crippen molar-refractivity contribution in [1.82, 2.24) is 5.01 Å². The first-order valence-corrected chi connectivity index (χ1v) is 9.66. The zero-order valence-corrected chi connectivity index (χ0v) is 15.4. The summed E-state index contributed by atoms with van der Waals surface area (Å²) in [5.41, 5.74) is 2.61. The molecule has 0 bridgehead atoms. The number of para-hydroxylation sites is 1. The minimum atomic E-state index is -2.82. The first-order chi connectivity index (χ1) is 13.6. The number of halogens is 2. The lowest BCUT2D eigenvalue weighted by Crippen LogP contribution is -2.89. The molecule has 146 valence electrons. The molecule has 3 aliphatic rings. The topological polar surface area (TPSA) is 50.7 Å². The molecule has 0 radical (unpaired) electrons. The van der Waals surface area contributed by atoms with E-state index in [9.17, 15) is 8.78 Å². The summed E-state index contributed by atoms with van der Waals surface area (Å²) >= 11 is 0. The van der Waals surface area contributed by atoms with Gasteiger partial charge in [-0.1, -0.05) is 18.2 Å². The maximum absolute atomic E-state index is 12.4. The molecule has 0 aliphatic carbocycles. The Morgan fingerprint density at radius 3 is 2.61 bits per heavy atom. The Bertz CT molecular complexity index is 895. The van der Waals surface area contributed by atoms with Crippen LogP contribution in [-0.4, -0.2) is 36.1 Å². The molecule has 3 aliphatic heterocycles. The van der Waals surface area contributed by atoms with Crippen molar-refractivity contribution in [2.24, 2.45) is 5.10 Å². The Morgan fingerprint density at radius 2 is 1.86 bits per heavy atom. The molecule has 1 fully saturated rings. The van der Waals surface area contributed by atoms with E-state index in [4.69, 9.17) is 9.84 Å². The molecular formula is C21H22F2N3O2+. The summed E-state index contributed by atoms with van der Waals surface area (Å²) in [6.45, 7) is -0.800. The molecule has 3 heterocycles. The number of benzene rings is 2. The molecule has 5 nitrogen and oxygen atoms in total. The van der Waals surface area contributed by atoms with E-state index in [2.05, 4.69) is 21.1 Å². The number of ether oxygens (including phenoxy) is 2. The quantitative estimate of drug-likeness (QED) is 0.883. The van der Waals surface area contributed by atoms with Gasteiger partial charge in [-0.25, -0.2) is 5.01 Å². The van der Waals surface area contributed by atoms with Crippen LogP contribution in [0.15, 0.2) is 53.6 Å². The zero-order chi connectivity index (χ0) is 19.1. The molecule has 2 aromatic rings. The fourth-order valence-electron chi connectivity index (χ4n) is 4.49. The van der Waals surface area contributed by atoms with Gasteiger partial charge < -0.3 is 14.8 Å². The molecular weight excluding hydrogens is 364 g/mol. The van der Waals surface area contributed by atoms with Crippen LogP contribution in [0.25, 0.3) is 0 Å². The van der Waals surface area contributed by atoms with E-state index in [1.165, 1.54) is 0 Å². The number of piperidine rings is 1. The predicted octanol–water partition coefficient (Wildman–Crippen LogP) is 2.89. The fraction of sp³-hybridized carbons (Fsp3) is 0.381. The average molecular weight is 386 g/mol. The smallest absolute Gasteiger partial charge is 0.387 e. The zero-order valence-electron chi connectivity index (χ0n) is 15.4. The van der Waals surface area contributed by atoms with Crippen LogP contribution in [0.5, 0.6) is 11.5 Å². The van der Waals surface area contributed by atoms with Crippen molar-refractivity contribution < 1.29 is 23.6 Å². The van der Waals surface area contributed by atoms with Gasteiger partial charge in [0.25, 0.3) is 0 Å². The lowest BCUT2D eigenvalue weighted by Gasteiger charge is -2.48. The Balaban J connectivity index is 1.49. The standard InChI is InChI=1S/C21H21F2N3O2/c22-20(23)27-15-7-5-14(6-8-15)17-13-18-16-3-1-2-4-19(16)28-21(26(18)25-17)9-11-24-12-10-21/h1-8,18,20,24H,9-13H2/p+1/t18-/m0/s1. The van der Waals surface area contributed by atoms with Crippen molar-refractivity contribution in [2.75, 3.05) is 13.1 Å². The number of rotatable bonds is 3. The van der Waals surface area contributed by atoms with Crippen molar-refractivity contribution in [2.45, 2.75) is 37.6 Å². The van der Waals surface area contributed by atoms with Gasteiger partial charge in [0.05, 0.1) is 37.7 Å². The summed E-state index contributed by atoms with van der Waals surface area (Å²) in [6.07, 6.45) is 2.59. The number of hydrazone groups is 1. The average Bonchev–Trinajstić information content (AvgIpc) is 3.16. The number of quaternary nitrogens is 1. The maximum Gasteiger partial charge on any atom is 0.387 e. The van der Waals surface area contributed by atoms with Crippen molar-refractivity contribution in [3.05, 3.63) is 59.7 Å². The highest BCUT2D eigenvalue weighted by Gasteiger charge is 2.51. The minimum Gasteiger partial charge on any atom is -0.466 e. The van der Waals surface area contributed by atoms with E-state index in [0.717, 1.165) is 54.9 Å². The molecule has 1 saturated heterocycles. The molecule has 28 heavy (non-hydrogen) atoms. The van der Waals surface area contributed by atoms with Crippen LogP contribution in [0.1, 0.15) is 36.4 Å². The highest BCUT2D eigenvalue weighted by Crippen LogP contribution is 2.49. The van der Waals surface area contributed by atoms with Crippen molar-refractivity contribution in [1.29, 1.82) is 0 Å². The second-order valence-corrected chi connectivity index (χ2v) is 7.47. The number of nitrogens with zero attached hydrogens (tertiary/aromatic N) is 2. The first kappa shape index (κ1) is 17.4. The second kappa shape index (κ2) is 6.74. The summed E-state index contributed by atoms with van der Waals surface area (Å²) in [6, 6.07) is 15.0. The molecule has 0 unspecified atom stereocenters. The molecule has 0 amide bonds. The Labute approximate surface area is 161 Å². The molecule has 2 aromatic carbocycles. The monoisotopic (exact) mass is 386 g/mol. The van der Waals surface area contributed by atoms with Gasteiger partial charge in [-0.05, 0) is 35.9 Å². The summed E-state index contributed by atoms with van der Waals surface area (Å²) in [7, 11) is 0. The summed E-state index contributed by atoms with van der Waals surface area (Å²) in [4.78, 5) is 0. The third-order valence-electron chi connectivity index (χ3n) is 5.80. The van der Waals surface area contributed by atoms with Crippen LogP contribution >= 0.6 is 0 Å². The molecule has 0 saturated carbocycles. The number of hydrogen-bond donors (Lipinski definition) is 1. The predicted molar refractivity (Wildman–Crippen MR) is 99.5 cm³/mol. The van der Waals surface area contributed by atoms with E-state index in [0.29, 0.717) is 0 Å². The SMILES string of the molecule is FC(F)Oc1ccc(C2=NN3[C@@H](C2)c2ccccc2OC32CC[NH2+]CC2)cc1. The number of fused-ring (bicyclic) bond motifs is 4. The lowest BCUT2D eigenvalue weighted by atomic mass is 9.91. The van der Waals surface area contributed by atoms with Gasteiger partial charge in [-0.3, -0.25) is 0 Å². The third-order valence-corrected chi connectivity index (χ3v) is 5.80. The maximum atomic E-state index is 12.4. The van der Waals surface area contributed by atoms with Crippen molar-refractivity contribution in [3.63, 3.8) is 0 Å². The molecule has 0 aromatic heterocycles. The Kier molecular flexibility index (Phi) is 4.19. The van der Waals surface area contributed by atoms with Gasteiger partial charge in [-0.2, -0.15) is 13.9 Å². The van der Waals surface area contributed by atoms with E-state index in [-0.39, 0.29) is 11.8 Å². The van der Waals surface area contributed by atoms with E-state index in [1.807, 2.05) is 18.2 Å². The van der Waals surface area contributed by atoms with Gasteiger partial charge >= 0.3 is 6.61 Å². The van der Waals surface area contributed by atoms with Crippen LogP contribution < -0.4 is 14.8 Å². The lowest BCUT2D eigenvalue weighted by molar-refractivity contribution is -0.670. The Morgan fingerprint density at radius 1 is 1.11 bits per heavy atom. The highest BCUT2D eigenvalue weighted by molar-refractivity contribution is 6.02. The highest BCUT2D eigenvalue weighted by atomic mass is 19.3. The van der Waals surface area contributed by atoms with E-state index >= 15 is 0 Å². The number of nitrogens with two attached hydrogens (primary N) is 1. The number of alkyl halides is 2. The molecule has 2 N–H and O–H groups in total. The third kappa shape index (κ3) is 2.90. The molecule has 1 spiro atoms. The largest absolute Gasteiger partial charge is 0.466 e. The summed E-state index contributed by atoms with van der Waals surface area (Å²) in [5, 5.41) is 9.43. The van der Waals surface area contributed by atoms with E-state index in [1.54, 1.807) is 24.3 Å². The Hall–Kier alpha value is -2.67. The van der Waals surface area contributed by atoms with Crippen LogP contribution in [0.3, 0.4) is 0 Å².